The molecule has 0 aromatic heterocycles. The maximum absolute atomic E-state index is 8.42. The second kappa shape index (κ2) is 36.2. The van der Waals surface area contributed by atoms with Crippen molar-refractivity contribution in [3.8, 4) is 0 Å². The zero-order valence-corrected chi connectivity index (χ0v) is 15.4. The van der Waals surface area contributed by atoms with Crippen LogP contribution in [0.25, 0.3) is 0 Å². The van der Waals surface area contributed by atoms with E-state index in [2.05, 4.69) is 0 Å². The second-order valence-electron chi connectivity index (χ2n) is 0.866. The average Bonchev–Trinajstić information content (AvgIpc) is 1.54. The van der Waals surface area contributed by atoms with Crippen LogP contribution in [0.1, 0.15) is 0 Å². The standard InChI is InChI=1S/3BO3.2Ca.H4O.Y/c3*2-1(3)4;;;;/h;;;;;1H4;/q3*-3;3*+2;+3. The van der Waals surface area contributed by atoms with Gasteiger partial charge in [0.2, 0.25) is 0 Å². The van der Waals surface area contributed by atoms with E-state index in [4.69, 9.17) is 45.2 Å². The largest absolute Gasteiger partial charge is 3.00 e. The molecule has 0 saturated heterocycles. The Morgan fingerprint density at radius 2 is 0.438 bits per heavy atom. The molecule has 0 aromatic carbocycles. The quantitative estimate of drug-likeness (QED) is 0.369. The smallest absolute Gasteiger partial charge is 0.907 e. The molecule has 80 valence electrons. The molecule has 0 amide bonds. The first-order chi connectivity index (χ1) is 5.20. The first-order valence-electron chi connectivity index (χ1n) is 2.12. The Morgan fingerprint density at radius 1 is 0.438 bits per heavy atom. The van der Waals surface area contributed by atoms with Crippen LogP contribution in [-0.4, -0.2) is 97.4 Å². The Labute approximate surface area is 177 Å². The van der Waals surface area contributed by atoms with Crippen molar-refractivity contribution in [2.45, 2.75) is 0 Å². The van der Waals surface area contributed by atoms with E-state index in [1.165, 1.54) is 0 Å². The summed E-state index contributed by atoms with van der Waals surface area (Å²) in [5.74, 6) is 0. The van der Waals surface area contributed by atoms with Gasteiger partial charge in [0.25, 0.3) is 0 Å². The molecule has 0 aliphatic carbocycles. The van der Waals surface area contributed by atoms with Gasteiger partial charge in [0.1, 0.15) is 0 Å². The van der Waals surface area contributed by atoms with Crippen LogP contribution >= 0.6 is 0 Å². The van der Waals surface area contributed by atoms with E-state index in [-0.39, 0.29) is 114 Å². The van der Waals surface area contributed by atoms with E-state index in [1.54, 1.807) is 0 Å². The van der Waals surface area contributed by atoms with Crippen LogP contribution in [0.4, 0.5) is 0 Å². The van der Waals surface area contributed by atoms with Gasteiger partial charge in [-0.05, 0) is 0 Å². The van der Waals surface area contributed by atoms with Crippen LogP contribution in [0.15, 0.2) is 0 Å². The van der Waals surface area contributed by atoms with E-state index in [1.807, 2.05) is 0 Å². The van der Waals surface area contributed by atoms with Crippen molar-refractivity contribution in [2.75, 3.05) is 0 Å². The van der Waals surface area contributed by atoms with E-state index in [9.17, 15) is 0 Å². The maximum atomic E-state index is 8.42. The van der Waals surface area contributed by atoms with Crippen molar-refractivity contribution < 1.29 is 83.4 Å². The number of rotatable bonds is 0. The molecule has 0 bridgehead atoms. The Morgan fingerprint density at radius 3 is 0.438 bits per heavy atom. The van der Waals surface area contributed by atoms with Crippen molar-refractivity contribution in [3.63, 3.8) is 0 Å². The molecule has 0 fully saturated rings. The minimum Gasteiger partial charge on any atom is -0.907 e. The first-order valence-corrected chi connectivity index (χ1v) is 2.12. The van der Waals surface area contributed by atoms with Gasteiger partial charge in [0.15, 0.2) is 0 Å². The van der Waals surface area contributed by atoms with Crippen LogP contribution < -0.4 is 45.2 Å². The fourth-order valence-corrected chi connectivity index (χ4v) is 0. The van der Waals surface area contributed by atoms with Crippen molar-refractivity contribution in [3.05, 3.63) is 0 Å². The van der Waals surface area contributed by atoms with Gasteiger partial charge in [-0.15, -0.1) is 0 Å². The predicted octanol–water partition coefficient (Wildman–Crippen LogP) is -13.8. The number of hydrogen-bond acceptors (Lipinski definition) is 9. The molecule has 0 atom stereocenters. The maximum Gasteiger partial charge on any atom is 3.00 e. The third-order valence-electron chi connectivity index (χ3n) is 0. The summed E-state index contributed by atoms with van der Waals surface area (Å²) in [5.41, 5.74) is 0. The Bertz CT molecular complexity index is 52.6. The fraction of sp³-hybridized carbons (Fsp3) is 0. The topological polar surface area (TPSA) is 242 Å². The molecule has 16 heteroatoms. The van der Waals surface area contributed by atoms with Gasteiger partial charge >= 0.3 is 108 Å². The van der Waals surface area contributed by atoms with Gasteiger partial charge in [-0.2, -0.15) is 0 Å². The Balaban J connectivity index is -0.0000000135. The molecule has 0 rings (SSSR count). The van der Waals surface area contributed by atoms with E-state index < -0.39 is 22.0 Å². The van der Waals surface area contributed by atoms with E-state index in [0.717, 1.165) is 0 Å². The predicted molar refractivity (Wildman–Crippen MR) is 35.0 cm³/mol. The molecular weight excluding hydrogens is 361 g/mol. The van der Waals surface area contributed by atoms with Crippen LogP contribution in [0.3, 0.4) is 0 Å². The fourth-order valence-electron chi connectivity index (χ4n) is 0. The third-order valence-corrected chi connectivity index (χ3v) is 0. The summed E-state index contributed by atoms with van der Waals surface area (Å²) in [6.45, 7) is 0. The van der Waals surface area contributed by atoms with Crippen molar-refractivity contribution >= 4 is 97.4 Å². The molecule has 0 aliphatic rings. The molecule has 0 spiro atoms. The molecular formula is H4B3Ca2O10Y. The van der Waals surface area contributed by atoms with E-state index >= 15 is 0 Å². The summed E-state index contributed by atoms with van der Waals surface area (Å²) in [6, 6.07) is 0. The molecule has 0 unspecified atom stereocenters. The molecule has 0 aromatic rings. The molecule has 0 heterocycles. The molecule has 0 radical (unpaired) electrons. The van der Waals surface area contributed by atoms with Gasteiger partial charge in [-0.1, -0.05) is 0 Å². The van der Waals surface area contributed by atoms with Gasteiger partial charge < -0.3 is 50.7 Å². The summed E-state index contributed by atoms with van der Waals surface area (Å²) in [7, 11) is -8.75. The number of hydrogen-bond donors (Lipinski definition) is 0. The monoisotopic (exact) mass is 366 g/mol. The van der Waals surface area contributed by atoms with Gasteiger partial charge in [-0.3, -0.25) is 22.0 Å². The molecule has 0 saturated carbocycles. The zero-order chi connectivity index (χ0) is 10.7. The summed E-state index contributed by atoms with van der Waals surface area (Å²) >= 11 is 0. The summed E-state index contributed by atoms with van der Waals surface area (Å²) in [5, 5.41) is 75.8. The molecule has 0 aliphatic heterocycles. The van der Waals surface area contributed by atoms with Crippen LogP contribution in [0.5, 0.6) is 0 Å². The first kappa shape index (κ1) is 42.7. The SMILES string of the molecule is [Ca+2].[Ca+2].[O-]B([O-])[O-].[O-]B([O-])[O-].[O-]B([O-])[O-].[OH4+2].[Y+3]. The molecule has 4 N–H and O–H groups in total. The normalized spacial score (nSPS) is 5.06. The molecule has 16 heavy (non-hydrogen) atoms. The van der Waals surface area contributed by atoms with Gasteiger partial charge in [0.05, 0.1) is 0 Å². The van der Waals surface area contributed by atoms with E-state index in [0.29, 0.717) is 0 Å². The average molecular weight is 366 g/mol. The zero-order valence-electron chi connectivity index (χ0n) is 8.10. The molecule has 10 nitrogen and oxygen atoms in total. The minimum absolute atomic E-state index is 0. The Hall–Kier alpha value is 3.42. The summed E-state index contributed by atoms with van der Waals surface area (Å²) in [4.78, 5) is 0. The summed E-state index contributed by atoms with van der Waals surface area (Å²) < 4.78 is 0. The van der Waals surface area contributed by atoms with Crippen molar-refractivity contribution in [2.24, 2.45) is 0 Å². The van der Waals surface area contributed by atoms with Gasteiger partial charge in [0, 0.05) is 0 Å². The van der Waals surface area contributed by atoms with Crippen molar-refractivity contribution in [1.82, 2.24) is 0 Å². The van der Waals surface area contributed by atoms with Gasteiger partial charge in [-0.25, -0.2) is 0 Å². The Kier molecular flexibility index (Phi) is 96.7. The third kappa shape index (κ3) is 402. The minimum atomic E-state index is -2.92. The second-order valence-corrected chi connectivity index (χ2v) is 0.866. The van der Waals surface area contributed by atoms with Crippen molar-refractivity contribution in [1.29, 1.82) is 0 Å². The van der Waals surface area contributed by atoms with Crippen LogP contribution in [-0.2, 0) is 38.2 Å². The summed E-state index contributed by atoms with van der Waals surface area (Å²) in [6.07, 6.45) is 0. The van der Waals surface area contributed by atoms with Crippen LogP contribution in [0.2, 0.25) is 0 Å². The van der Waals surface area contributed by atoms with Crippen LogP contribution in [0, 0.1) is 0 Å².